The van der Waals surface area contributed by atoms with Gasteiger partial charge in [0.1, 0.15) is 5.41 Å². The quantitative estimate of drug-likeness (QED) is 0.738. The van der Waals surface area contributed by atoms with Crippen molar-refractivity contribution in [2.45, 2.75) is 59.3 Å². The van der Waals surface area contributed by atoms with E-state index in [9.17, 15) is 10.1 Å². The standard InChI is InChI=1S/C14H24N2O/c1-4-7-13(8-9-13)11-16-12(17)14(5-2,6-3)10-15/h4-9,11H2,1-3H3,(H,16,17). The molecule has 0 aromatic heterocycles. The molecule has 0 saturated heterocycles. The number of nitrogens with zero attached hydrogens (tertiary/aromatic N) is 1. The summed E-state index contributed by atoms with van der Waals surface area (Å²) < 4.78 is 0. The van der Waals surface area contributed by atoms with E-state index in [1.807, 2.05) is 13.8 Å². The molecule has 1 N–H and O–H groups in total. The minimum absolute atomic E-state index is 0.0765. The van der Waals surface area contributed by atoms with Crippen molar-refractivity contribution >= 4 is 5.91 Å². The predicted octanol–water partition coefficient (Wildman–Crippen LogP) is 3.01. The van der Waals surface area contributed by atoms with Crippen LogP contribution in [0.3, 0.4) is 0 Å². The molecule has 1 fully saturated rings. The molecule has 1 saturated carbocycles. The van der Waals surface area contributed by atoms with Gasteiger partial charge in [-0.05, 0) is 37.5 Å². The van der Waals surface area contributed by atoms with E-state index in [1.54, 1.807) is 0 Å². The Balaban J connectivity index is 2.52. The van der Waals surface area contributed by atoms with E-state index in [0.29, 0.717) is 18.3 Å². The van der Waals surface area contributed by atoms with Gasteiger partial charge in [0.05, 0.1) is 6.07 Å². The highest BCUT2D eigenvalue weighted by Gasteiger charge is 2.43. The molecule has 1 aliphatic carbocycles. The second-order valence-corrected chi connectivity index (χ2v) is 5.33. The molecule has 0 spiro atoms. The highest BCUT2D eigenvalue weighted by Crippen LogP contribution is 2.49. The summed E-state index contributed by atoms with van der Waals surface area (Å²) in [6.45, 7) is 6.75. The average Bonchev–Trinajstić information content (AvgIpc) is 3.10. The van der Waals surface area contributed by atoms with Gasteiger partial charge < -0.3 is 5.32 Å². The van der Waals surface area contributed by atoms with Gasteiger partial charge in [0.25, 0.3) is 0 Å². The summed E-state index contributed by atoms with van der Waals surface area (Å²) in [7, 11) is 0. The van der Waals surface area contributed by atoms with Crippen molar-refractivity contribution in [3.8, 4) is 6.07 Å². The zero-order valence-electron chi connectivity index (χ0n) is 11.3. The van der Waals surface area contributed by atoms with Crippen LogP contribution < -0.4 is 5.32 Å². The highest BCUT2D eigenvalue weighted by atomic mass is 16.2. The number of rotatable bonds is 7. The summed E-state index contributed by atoms with van der Waals surface area (Å²) >= 11 is 0. The van der Waals surface area contributed by atoms with Crippen molar-refractivity contribution in [2.75, 3.05) is 6.54 Å². The van der Waals surface area contributed by atoms with Crippen molar-refractivity contribution in [3.05, 3.63) is 0 Å². The molecule has 17 heavy (non-hydrogen) atoms. The number of carbonyl (C=O) groups is 1. The van der Waals surface area contributed by atoms with Gasteiger partial charge in [-0.1, -0.05) is 27.2 Å². The maximum Gasteiger partial charge on any atom is 0.240 e. The molecular formula is C14H24N2O. The fourth-order valence-electron chi connectivity index (χ4n) is 2.44. The Kier molecular flexibility index (Phi) is 4.56. The van der Waals surface area contributed by atoms with Crippen molar-refractivity contribution in [3.63, 3.8) is 0 Å². The van der Waals surface area contributed by atoms with Crippen molar-refractivity contribution < 1.29 is 4.79 Å². The number of amides is 1. The average molecular weight is 236 g/mol. The fourth-order valence-corrected chi connectivity index (χ4v) is 2.44. The fraction of sp³-hybridized carbons (Fsp3) is 0.857. The minimum atomic E-state index is -0.817. The van der Waals surface area contributed by atoms with Gasteiger partial charge in [0.2, 0.25) is 5.91 Å². The number of nitrogens with one attached hydrogen (secondary N) is 1. The lowest BCUT2D eigenvalue weighted by Crippen LogP contribution is -2.41. The van der Waals surface area contributed by atoms with E-state index in [4.69, 9.17) is 0 Å². The van der Waals surface area contributed by atoms with E-state index in [2.05, 4.69) is 18.3 Å². The monoisotopic (exact) mass is 236 g/mol. The second kappa shape index (κ2) is 5.53. The van der Waals surface area contributed by atoms with Gasteiger partial charge in [0, 0.05) is 6.54 Å². The van der Waals surface area contributed by atoms with Crippen LogP contribution >= 0.6 is 0 Å². The largest absolute Gasteiger partial charge is 0.354 e. The molecule has 0 aliphatic heterocycles. The first-order valence-electron chi connectivity index (χ1n) is 6.77. The smallest absolute Gasteiger partial charge is 0.240 e. The number of carbonyl (C=O) groups excluding carboxylic acids is 1. The van der Waals surface area contributed by atoms with Crippen LogP contribution in [0.15, 0.2) is 0 Å². The number of hydrogen-bond donors (Lipinski definition) is 1. The lowest BCUT2D eigenvalue weighted by atomic mass is 9.83. The number of hydrogen-bond acceptors (Lipinski definition) is 2. The molecule has 1 rings (SSSR count). The van der Waals surface area contributed by atoms with Gasteiger partial charge in [-0.3, -0.25) is 4.79 Å². The molecule has 0 aromatic carbocycles. The molecule has 3 heteroatoms. The van der Waals surface area contributed by atoms with Crippen LogP contribution in [0.5, 0.6) is 0 Å². The Morgan fingerprint density at radius 3 is 2.29 bits per heavy atom. The first-order valence-corrected chi connectivity index (χ1v) is 6.77. The molecule has 1 amide bonds. The second-order valence-electron chi connectivity index (χ2n) is 5.33. The Morgan fingerprint density at radius 1 is 1.35 bits per heavy atom. The van der Waals surface area contributed by atoms with Gasteiger partial charge in [-0.2, -0.15) is 5.26 Å². The van der Waals surface area contributed by atoms with Crippen LogP contribution in [0.1, 0.15) is 59.3 Å². The lowest BCUT2D eigenvalue weighted by Gasteiger charge is -2.24. The molecule has 0 heterocycles. The summed E-state index contributed by atoms with van der Waals surface area (Å²) in [4.78, 5) is 12.1. The first kappa shape index (κ1) is 14.0. The van der Waals surface area contributed by atoms with E-state index < -0.39 is 5.41 Å². The molecule has 0 bridgehead atoms. The topological polar surface area (TPSA) is 52.9 Å². The first-order chi connectivity index (χ1) is 8.08. The molecule has 0 atom stereocenters. The summed E-state index contributed by atoms with van der Waals surface area (Å²) in [6.07, 6.45) is 5.98. The van der Waals surface area contributed by atoms with E-state index in [0.717, 1.165) is 6.54 Å². The third kappa shape index (κ3) is 3.00. The van der Waals surface area contributed by atoms with E-state index in [1.165, 1.54) is 25.7 Å². The van der Waals surface area contributed by atoms with E-state index >= 15 is 0 Å². The van der Waals surface area contributed by atoms with Gasteiger partial charge in [-0.15, -0.1) is 0 Å². The van der Waals surface area contributed by atoms with Crippen molar-refractivity contribution in [1.29, 1.82) is 5.26 Å². The molecule has 0 radical (unpaired) electrons. The van der Waals surface area contributed by atoms with E-state index in [-0.39, 0.29) is 5.91 Å². The highest BCUT2D eigenvalue weighted by molar-refractivity contribution is 5.85. The third-order valence-corrected chi connectivity index (χ3v) is 4.22. The third-order valence-electron chi connectivity index (χ3n) is 4.22. The van der Waals surface area contributed by atoms with Crippen LogP contribution in [-0.2, 0) is 4.79 Å². The summed E-state index contributed by atoms with van der Waals surface area (Å²) in [6, 6.07) is 2.19. The van der Waals surface area contributed by atoms with Crippen LogP contribution in [0.25, 0.3) is 0 Å². The number of nitriles is 1. The van der Waals surface area contributed by atoms with Crippen molar-refractivity contribution in [2.24, 2.45) is 10.8 Å². The zero-order chi connectivity index (χ0) is 12.9. The normalized spacial score (nSPS) is 17.3. The van der Waals surface area contributed by atoms with Crippen LogP contribution in [0.4, 0.5) is 0 Å². The summed E-state index contributed by atoms with van der Waals surface area (Å²) in [5.41, 5.74) is -0.463. The maximum atomic E-state index is 12.1. The Labute approximate surface area is 105 Å². The summed E-state index contributed by atoms with van der Waals surface area (Å²) in [5, 5.41) is 12.2. The minimum Gasteiger partial charge on any atom is -0.354 e. The molecular weight excluding hydrogens is 212 g/mol. The van der Waals surface area contributed by atoms with Gasteiger partial charge in [-0.25, -0.2) is 0 Å². The van der Waals surface area contributed by atoms with Crippen LogP contribution in [0.2, 0.25) is 0 Å². The van der Waals surface area contributed by atoms with Crippen LogP contribution in [-0.4, -0.2) is 12.5 Å². The van der Waals surface area contributed by atoms with Crippen LogP contribution in [0, 0.1) is 22.2 Å². The Morgan fingerprint density at radius 2 is 1.94 bits per heavy atom. The molecule has 0 aromatic rings. The van der Waals surface area contributed by atoms with Crippen molar-refractivity contribution in [1.82, 2.24) is 5.32 Å². The van der Waals surface area contributed by atoms with Gasteiger partial charge in [0.15, 0.2) is 0 Å². The molecule has 0 unspecified atom stereocenters. The Bertz CT molecular complexity index is 309. The van der Waals surface area contributed by atoms with Gasteiger partial charge >= 0.3 is 0 Å². The molecule has 3 nitrogen and oxygen atoms in total. The SMILES string of the molecule is CCCC1(CNC(=O)C(C#N)(CC)CC)CC1. The zero-order valence-corrected chi connectivity index (χ0v) is 11.3. The lowest BCUT2D eigenvalue weighted by molar-refractivity contribution is -0.128. The Hall–Kier alpha value is -1.04. The molecule has 96 valence electrons. The predicted molar refractivity (Wildman–Crippen MR) is 68.2 cm³/mol. The summed E-state index contributed by atoms with van der Waals surface area (Å²) in [5.74, 6) is -0.0765. The maximum absolute atomic E-state index is 12.1. The molecule has 1 aliphatic rings.